The van der Waals surface area contributed by atoms with Crippen LogP contribution < -0.4 is 0 Å². The van der Waals surface area contributed by atoms with Gasteiger partial charge in [-0.3, -0.25) is 0 Å². The van der Waals surface area contributed by atoms with Crippen molar-refractivity contribution in [1.82, 2.24) is 4.90 Å². The lowest BCUT2D eigenvalue weighted by molar-refractivity contribution is 0.309. The van der Waals surface area contributed by atoms with Gasteiger partial charge >= 0.3 is 0 Å². The Morgan fingerprint density at radius 1 is 1.33 bits per heavy atom. The van der Waals surface area contributed by atoms with Crippen molar-refractivity contribution < 1.29 is 5.11 Å². The molecule has 1 aromatic carbocycles. The fourth-order valence-electron chi connectivity index (χ4n) is 1.38. The summed E-state index contributed by atoms with van der Waals surface area (Å²) in [5.74, 6) is 0.407. The number of halogens is 1. The lowest BCUT2D eigenvalue weighted by atomic mass is 10.0. The van der Waals surface area contributed by atoms with Gasteiger partial charge in [0.15, 0.2) is 0 Å². The normalized spacial score (nSPS) is 12.3. The summed E-state index contributed by atoms with van der Waals surface area (Å²) in [4.78, 5) is 2.15. The van der Waals surface area contributed by atoms with Gasteiger partial charge in [-0.2, -0.15) is 0 Å². The summed E-state index contributed by atoms with van der Waals surface area (Å²) in [6, 6.07) is 6.20. The Balaban J connectivity index is 0.00000196. The van der Waals surface area contributed by atoms with Crippen LogP contribution >= 0.6 is 12.4 Å². The Hall–Kier alpha value is -0.730. The third-order valence-electron chi connectivity index (χ3n) is 2.63. The van der Waals surface area contributed by atoms with Crippen LogP contribution in [-0.2, 0) is 6.42 Å². The molecule has 0 aliphatic heterocycles. The zero-order valence-corrected chi connectivity index (χ0v) is 10.6. The lowest BCUT2D eigenvalue weighted by Crippen LogP contribution is -2.26. The van der Waals surface area contributed by atoms with Gasteiger partial charge in [-0.05, 0) is 46.0 Å². The van der Waals surface area contributed by atoms with Crippen molar-refractivity contribution in [2.24, 2.45) is 0 Å². The maximum Gasteiger partial charge on any atom is 0.118 e. The third-order valence-corrected chi connectivity index (χ3v) is 2.63. The molecule has 0 aliphatic rings. The van der Waals surface area contributed by atoms with Crippen molar-refractivity contribution in [3.05, 3.63) is 29.3 Å². The molecule has 86 valence electrons. The summed E-state index contributed by atoms with van der Waals surface area (Å²) >= 11 is 0. The molecule has 0 aliphatic carbocycles. The zero-order valence-electron chi connectivity index (χ0n) is 9.82. The van der Waals surface area contributed by atoms with Crippen LogP contribution in [-0.4, -0.2) is 30.1 Å². The summed E-state index contributed by atoms with van der Waals surface area (Å²) in [6.07, 6.45) is 0.889. The average molecular weight is 230 g/mol. The number of hydrogen-bond donors (Lipinski definition) is 1. The summed E-state index contributed by atoms with van der Waals surface area (Å²) < 4.78 is 0. The van der Waals surface area contributed by atoms with E-state index in [0.29, 0.717) is 11.8 Å². The molecule has 0 aromatic heterocycles. The fraction of sp³-hybridized carbons (Fsp3) is 0.500. The smallest absolute Gasteiger partial charge is 0.118 e. The second-order valence-corrected chi connectivity index (χ2v) is 4.15. The number of aryl methyl sites for hydroxylation is 1. The highest BCUT2D eigenvalue weighted by molar-refractivity contribution is 5.85. The predicted octanol–water partition coefficient (Wildman–Crippen LogP) is 2.62. The maximum absolute atomic E-state index is 9.65. The largest absolute Gasteiger partial charge is 0.508 e. The van der Waals surface area contributed by atoms with Gasteiger partial charge in [-0.25, -0.2) is 0 Å². The van der Waals surface area contributed by atoms with Crippen molar-refractivity contribution in [2.45, 2.75) is 26.3 Å². The van der Waals surface area contributed by atoms with E-state index in [-0.39, 0.29) is 12.4 Å². The molecule has 1 atom stereocenters. The molecule has 0 saturated carbocycles. The number of hydrogen-bond acceptors (Lipinski definition) is 2. The van der Waals surface area contributed by atoms with Gasteiger partial charge in [0.05, 0.1) is 0 Å². The highest BCUT2D eigenvalue weighted by Gasteiger charge is 2.08. The molecule has 0 spiro atoms. The first-order valence-corrected chi connectivity index (χ1v) is 4.95. The van der Waals surface area contributed by atoms with E-state index in [1.807, 2.05) is 13.0 Å². The number of likely N-dealkylation sites (N-methyl/N-ethyl adjacent to an activating group) is 1. The van der Waals surface area contributed by atoms with Crippen LogP contribution in [0.4, 0.5) is 0 Å². The summed E-state index contributed by atoms with van der Waals surface area (Å²) in [5, 5.41) is 9.65. The quantitative estimate of drug-likeness (QED) is 0.862. The first-order valence-electron chi connectivity index (χ1n) is 4.95. The monoisotopic (exact) mass is 229 g/mol. The molecular formula is C12H20ClNO. The molecule has 0 radical (unpaired) electrons. The molecule has 0 fully saturated rings. The molecule has 1 aromatic rings. The first kappa shape index (κ1) is 14.3. The average Bonchev–Trinajstić information content (AvgIpc) is 2.11. The molecule has 0 bridgehead atoms. The lowest BCUT2D eigenvalue weighted by Gasteiger charge is -2.20. The highest BCUT2D eigenvalue weighted by Crippen LogP contribution is 2.20. The number of nitrogens with zero attached hydrogens (tertiary/aromatic N) is 1. The second kappa shape index (κ2) is 5.99. The summed E-state index contributed by atoms with van der Waals surface area (Å²) in [6.45, 7) is 4.20. The van der Waals surface area contributed by atoms with Crippen LogP contribution in [0.1, 0.15) is 18.1 Å². The minimum absolute atomic E-state index is 0. The molecule has 0 saturated heterocycles. The van der Waals surface area contributed by atoms with Gasteiger partial charge in [-0.15, -0.1) is 12.4 Å². The zero-order chi connectivity index (χ0) is 10.7. The van der Waals surface area contributed by atoms with E-state index < -0.39 is 0 Å². The van der Waals surface area contributed by atoms with Gasteiger partial charge in [0, 0.05) is 6.04 Å². The van der Waals surface area contributed by atoms with Gasteiger partial charge in [0.1, 0.15) is 5.75 Å². The minimum Gasteiger partial charge on any atom is -0.508 e. The van der Waals surface area contributed by atoms with Crippen LogP contribution in [0.3, 0.4) is 0 Å². The molecular weight excluding hydrogens is 210 g/mol. The molecule has 15 heavy (non-hydrogen) atoms. The fourth-order valence-corrected chi connectivity index (χ4v) is 1.38. The number of aromatic hydroxyl groups is 1. The number of phenolic OH excluding ortho intramolecular Hbond substituents is 1. The van der Waals surface area contributed by atoms with Crippen molar-refractivity contribution in [3.8, 4) is 5.75 Å². The van der Waals surface area contributed by atoms with Crippen LogP contribution in [0, 0.1) is 6.92 Å². The van der Waals surface area contributed by atoms with E-state index >= 15 is 0 Å². The molecule has 1 N–H and O–H groups in total. The van der Waals surface area contributed by atoms with Crippen molar-refractivity contribution in [2.75, 3.05) is 14.1 Å². The van der Waals surface area contributed by atoms with Crippen LogP contribution in [0.15, 0.2) is 18.2 Å². The van der Waals surface area contributed by atoms with E-state index in [1.54, 1.807) is 6.07 Å². The summed E-state index contributed by atoms with van der Waals surface area (Å²) in [7, 11) is 4.11. The Labute approximate surface area is 98.3 Å². The molecule has 1 unspecified atom stereocenters. The predicted molar refractivity (Wildman–Crippen MR) is 66.9 cm³/mol. The Bertz CT molecular complexity index is 312. The highest BCUT2D eigenvalue weighted by atomic mass is 35.5. The topological polar surface area (TPSA) is 23.5 Å². The Kier molecular flexibility index (Phi) is 5.69. The Morgan fingerprint density at radius 2 is 1.93 bits per heavy atom. The molecule has 1 rings (SSSR count). The maximum atomic E-state index is 9.65. The molecule has 2 nitrogen and oxygen atoms in total. The molecule has 0 heterocycles. The van der Waals surface area contributed by atoms with Gasteiger partial charge in [0.25, 0.3) is 0 Å². The molecule has 3 heteroatoms. The van der Waals surface area contributed by atoms with Gasteiger partial charge in [-0.1, -0.05) is 17.7 Å². The van der Waals surface area contributed by atoms with E-state index in [0.717, 1.165) is 12.0 Å². The number of phenols is 1. The third kappa shape index (κ3) is 4.10. The van der Waals surface area contributed by atoms with Crippen molar-refractivity contribution in [1.29, 1.82) is 0 Å². The van der Waals surface area contributed by atoms with Crippen molar-refractivity contribution >= 4 is 12.4 Å². The van der Waals surface area contributed by atoms with E-state index in [4.69, 9.17) is 0 Å². The molecule has 0 amide bonds. The SMILES string of the molecule is Cc1ccc(O)c(CC(C)N(C)C)c1.Cl. The van der Waals surface area contributed by atoms with E-state index in [1.165, 1.54) is 5.56 Å². The Morgan fingerprint density at radius 3 is 2.47 bits per heavy atom. The van der Waals surface area contributed by atoms with E-state index in [9.17, 15) is 5.11 Å². The standard InChI is InChI=1S/C12H19NO.ClH/c1-9-5-6-12(14)11(7-9)8-10(2)13(3)4;/h5-7,10,14H,8H2,1-4H3;1H. The van der Waals surface area contributed by atoms with Crippen LogP contribution in [0.2, 0.25) is 0 Å². The van der Waals surface area contributed by atoms with Gasteiger partial charge < -0.3 is 10.0 Å². The second-order valence-electron chi connectivity index (χ2n) is 4.15. The number of benzene rings is 1. The van der Waals surface area contributed by atoms with Crippen LogP contribution in [0.25, 0.3) is 0 Å². The summed E-state index contributed by atoms with van der Waals surface area (Å²) in [5.41, 5.74) is 2.23. The minimum atomic E-state index is 0. The first-order chi connectivity index (χ1) is 6.50. The van der Waals surface area contributed by atoms with Crippen LogP contribution in [0.5, 0.6) is 5.75 Å². The number of rotatable bonds is 3. The van der Waals surface area contributed by atoms with Crippen molar-refractivity contribution in [3.63, 3.8) is 0 Å². The van der Waals surface area contributed by atoms with Gasteiger partial charge in [0.2, 0.25) is 0 Å². The van der Waals surface area contributed by atoms with E-state index in [2.05, 4.69) is 32.0 Å².